The monoisotopic (exact) mass is 292 g/mol. The number of benzene rings is 1. The molecule has 0 aliphatic carbocycles. The molecule has 1 saturated heterocycles. The summed E-state index contributed by atoms with van der Waals surface area (Å²) in [4.78, 5) is 2.40. The lowest BCUT2D eigenvalue weighted by atomic mass is 10.2. The van der Waals surface area contributed by atoms with Crippen molar-refractivity contribution in [3.05, 3.63) is 32.8 Å². The molecule has 5 heteroatoms. The first-order chi connectivity index (χ1) is 8.16. The highest BCUT2D eigenvalue weighted by Gasteiger charge is 2.11. The molecular formula is C12H15Cl3N2. The second-order valence-corrected chi connectivity index (χ2v) is 5.45. The first kappa shape index (κ1) is 13.4. The van der Waals surface area contributed by atoms with E-state index in [4.69, 9.17) is 34.8 Å². The number of hydrogen-bond donors (Lipinski definition) is 1. The maximum Gasteiger partial charge on any atom is 0.0778 e. The van der Waals surface area contributed by atoms with E-state index in [1.54, 1.807) is 0 Å². The zero-order valence-corrected chi connectivity index (χ0v) is 11.7. The molecule has 1 aromatic rings. The van der Waals surface area contributed by atoms with Gasteiger partial charge in [0.25, 0.3) is 0 Å². The predicted octanol–water partition coefficient (Wildman–Crippen LogP) is 3.44. The van der Waals surface area contributed by atoms with Gasteiger partial charge >= 0.3 is 0 Å². The molecule has 0 aromatic heterocycles. The van der Waals surface area contributed by atoms with Gasteiger partial charge in [-0.15, -0.1) is 0 Å². The van der Waals surface area contributed by atoms with Crippen molar-refractivity contribution in [3.8, 4) is 0 Å². The molecule has 0 radical (unpaired) electrons. The number of halogens is 3. The average molecular weight is 294 g/mol. The zero-order valence-electron chi connectivity index (χ0n) is 9.48. The summed E-state index contributed by atoms with van der Waals surface area (Å²) in [6.07, 6.45) is 1.18. The lowest BCUT2D eigenvalue weighted by Crippen LogP contribution is -2.27. The molecular weight excluding hydrogens is 279 g/mol. The van der Waals surface area contributed by atoms with E-state index in [2.05, 4.69) is 10.2 Å². The van der Waals surface area contributed by atoms with Crippen molar-refractivity contribution < 1.29 is 0 Å². The smallest absolute Gasteiger partial charge is 0.0778 e. The Kier molecular flexibility index (Phi) is 4.95. The molecule has 0 amide bonds. The normalized spacial score (nSPS) is 18.1. The van der Waals surface area contributed by atoms with Crippen LogP contribution in [0.15, 0.2) is 12.1 Å². The van der Waals surface area contributed by atoms with E-state index in [0.29, 0.717) is 15.1 Å². The van der Waals surface area contributed by atoms with Crippen LogP contribution >= 0.6 is 34.8 Å². The van der Waals surface area contributed by atoms with Crippen molar-refractivity contribution in [3.63, 3.8) is 0 Å². The van der Waals surface area contributed by atoms with Crippen molar-refractivity contribution in [2.24, 2.45) is 0 Å². The summed E-state index contributed by atoms with van der Waals surface area (Å²) in [5, 5.41) is 4.88. The standard InChI is InChI=1S/C12H15Cl3N2/c13-10-6-9(7-11(14)12(10)15)8-17-4-1-2-16-3-5-17/h6-7,16H,1-5,8H2. The number of nitrogens with one attached hydrogen (secondary N) is 1. The average Bonchev–Trinajstić information content (AvgIpc) is 2.54. The summed E-state index contributed by atoms with van der Waals surface area (Å²) in [6.45, 7) is 5.16. The molecule has 94 valence electrons. The van der Waals surface area contributed by atoms with Crippen LogP contribution in [-0.2, 0) is 6.54 Å². The summed E-state index contributed by atoms with van der Waals surface area (Å²) in [7, 11) is 0. The van der Waals surface area contributed by atoms with Gasteiger partial charge in [0.1, 0.15) is 0 Å². The fraction of sp³-hybridized carbons (Fsp3) is 0.500. The molecule has 0 bridgehead atoms. The Bertz CT molecular complexity index is 364. The summed E-state index contributed by atoms with van der Waals surface area (Å²) < 4.78 is 0. The third kappa shape index (κ3) is 3.73. The molecule has 1 aromatic carbocycles. The van der Waals surface area contributed by atoms with Crippen LogP contribution in [0.1, 0.15) is 12.0 Å². The third-order valence-electron chi connectivity index (χ3n) is 2.88. The van der Waals surface area contributed by atoms with Gasteiger partial charge in [-0.25, -0.2) is 0 Å². The van der Waals surface area contributed by atoms with E-state index in [0.717, 1.165) is 38.3 Å². The lowest BCUT2D eigenvalue weighted by molar-refractivity contribution is 0.284. The highest BCUT2D eigenvalue weighted by Crippen LogP contribution is 2.31. The van der Waals surface area contributed by atoms with Gasteiger partial charge in [0, 0.05) is 19.6 Å². The topological polar surface area (TPSA) is 15.3 Å². The van der Waals surface area contributed by atoms with Crippen molar-refractivity contribution in [2.45, 2.75) is 13.0 Å². The fourth-order valence-electron chi connectivity index (χ4n) is 2.02. The Balaban J connectivity index is 2.07. The van der Waals surface area contributed by atoms with Gasteiger partial charge in [0.05, 0.1) is 15.1 Å². The molecule has 2 nitrogen and oxygen atoms in total. The van der Waals surface area contributed by atoms with Crippen molar-refractivity contribution in [1.82, 2.24) is 10.2 Å². The molecule has 0 atom stereocenters. The van der Waals surface area contributed by atoms with Gasteiger partial charge in [-0.1, -0.05) is 34.8 Å². The van der Waals surface area contributed by atoms with Gasteiger partial charge in [-0.05, 0) is 37.2 Å². The van der Waals surface area contributed by atoms with Crippen molar-refractivity contribution >= 4 is 34.8 Å². The molecule has 17 heavy (non-hydrogen) atoms. The molecule has 0 saturated carbocycles. The maximum absolute atomic E-state index is 6.02. The quantitative estimate of drug-likeness (QED) is 0.840. The van der Waals surface area contributed by atoms with Crippen LogP contribution in [0.25, 0.3) is 0 Å². The molecule has 1 fully saturated rings. The molecule has 0 spiro atoms. The van der Waals surface area contributed by atoms with Crippen LogP contribution < -0.4 is 5.32 Å². The SMILES string of the molecule is Clc1cc(CN2CCCNCC2)cc(Cl)c1Cl. The van der Waals surface area contributed by atoms with Crippen LogP contribution in [0.4, 0.5) is 0 Å². The Morgan fingerprint density at radius 2 is 1.76 bits per heavy atom. The van der Waals surface area contributed by atoms with Gasteiger partial charge in [0.15, 0.2) is 0 Å². The number of nitrogens with zero attached hydrogens (tertiary/aromatic N) is 1. The Hall–Kier alpha value is 0.01000. The second-order valence-electron chi connectivity index (χ2n) is 4.25. The minimum atomic E-state index is 0.439. The highest BCUT2D eigenvalue weighted by atomic mass is 35.5. The molecule has 1 N–H and O–H groups in total. The molecule has 1 aliphatic heterocycles. The summed E-state index contributed by atoms with van der Waals surface area (Å²) >= 11 is 18.0. The van der Waals surface area contributed by atoms with E-state index in [1.165, 1.54) is 6.42 Å². The zero-order chi connectivity index (χ0) is 12.3. The van der Waals surface area contributed by atoms with Crippen LogP contribution in [0.3, 0.4) is 0 Å². The van der Waals surface area contributed by atoms with Gasteiger partial charge in [-0.2, -0.15) is 0 Å². The molecule has 2 rings (SSSR count). The maximum atomic E-state index is 6.02. The number of rotatable bonds is 2. The lowest BCUT2D eigenvalue weighted by Gasteiger charge is -2.19. The van der Waals surface area contributed by atoms with E-state index in [-0.39, 0.29) is 0 Å². The fourth-order valence-corrected chi connectivity index (χ4v) is 2.66. The number of hydrogen-bond acceptors (Lipinski definition) is 2. The molecule has 1 heterocycles. The summed E-state index contributed by atoms with van der Waals surface area (Å²) in [6, 6.07) is 3.79. The highest BCUT2D eigenvalue weighted by molar-refractivity contribution is 6.48. The Morgan fingerprint density at radius 1 is 1.06 bits per heavy atom. The van der Waals surface area contributed by atoms with Crippen LogP contribution in [0.5, 0.6) is 0 Å². The molecule has 1 aliphatic rings. The summed E-state index contributed by atoms with van der Waals surface area (Å²) in [5.74, 6) is 0. The van der Waals surface area contributed by atoms with E-state index >= 15 is 0 Å². The molecule has 0 unspecified atom stereocenters. The van der Waals surface area contributed by atoms with Crippen molar-refractivity contribution in [1.29, 1.82) is 0 Å². The second kappa shape index (κ2) is 6.26. The van der Waals surface area contributed by atoms with Crippen molar-refractivity contribution in [2.75, 3.05) is 26.2 Å². The van der Waals surface area contributed by atoms with Gasteiger partial charge in [-0.3, -0.25) is 4.90 Å². The van der Waals surface area contributed by atoms with E-state index in [1.807, 2.05) is 12.1 Å². The summed E-state index contributed by atoms with van der Waals surface area (Å²) in [5.41, 5.74) is 1.12. The van der Waals surface area contributed by atoms with Gasteiger partial charge in [0.2, 0.25) is 0 Å². The van der Waals surface area contributed by atoms with Crippen LogP contribution in [0, 0.1) is 0 Å². The van der Waals surface area contributed by atoms with E-state index in [9.17, 15) is 0 Å². The predicted molar refractivity (Wildman–Crippen MR) is 74.2 cm³/mol. The largest absolute Gasteiger partial charge is 0.315 e. The minimum Gasteiger partial charge on any atom is -0.315 e. The third-order valence-corrected chi connectivity index (χ3v) is 4.08. The van der Waals surface area contributed by atoms with Gasteiger partial charge < -0.3 is 5.32 Å². The van der Waals surface area contributed by atoms with Crippen LogP contribution in [-0.4, -0.2) is 31.1 Å². The van der Waals surface area contributed by atoms with E-state index < -0.39 is 0 Å². The Morgan fingerprint density at radius 3 is 2.47 bits per heavy atom. The minimum absolute atomic E-state index is 0.439. The first-order valence-electron chi connectivity index (χ1n) is 5.73. The Labute approximate surface area is 117 Å². The van der Waals surface area contributed by atoms with Crippen LogP contribution in [0.2, 0.25) is 15.1 Å². The first-order valence-corrected chi connectivity index (χ1v) is 6.86.